The molecule has 0 saturated carbocycles. The van der Waals surface area contributed by atoms with Crippen LogP contribution in [-0.2, 0) is 16.0 Å². The topological polar surface area (TPSA) is 72.2 Å². The van der Waals surface area contributed by atoms with Crippen LogP contribution < -0.4 is 11.1 Å². The van der Waals surface area contributed by atoms with Crippen molar-refractivity contribution in [1.29, 1.82) is 0 Å². The maximum Gasteiger partial charge on any atom is 0.285 e. The van der Waals surface area contributed by atoms with Gasteiger partial charge in [-0.1, -0.05) is 30.3 Å². The summed E-state index contributed by atoms with van der Waals surface area (Å²) in [6.07, 6.45) is 1.94. The Balaban J connectivity index is 2.25. The van der Waals surface area contributed by atoms with Crippen molar-refractivity contribution < 1.29 is 9.59 Å². The highest BCUT2D eigenvalue weighted by Crippen LogP contribution is 2.34. The lowest BCUT2D eigenvalue weighted by Gasteiger charge is -2.35. The number of nitrogens with one attached hydrogen (secondary N) is 1. The molecule has 1 aliphatic heterocycles. The van der Waals surface area contributed by atoms with Gasteiger partial charge < -0.3 is 11.1 Å². The van der Waals surface area contributed by atoms with Crippen molar-refractivity contribution in [3.8, 4) is 0 Å². The van der Waals surface area contributed by atoms with E-state index in [1.807, 2.05) is 30.3 Å². The van der Waals surface area contributed by atoms with Crippen molar-refractivity contribution in [3.63, 3.8) is 0 Å². The van der Waals surface area contributed by atoms with Crippen molar-refractivity contribution in [2.75, 3.05) is 13.1 Å². The predicted molar refractivity (Wildman–Crippen MR) is 68.9 cm³/mol. The molecule has 3 N–H and O–H groups in total. The fourth-order valence-corrected chi connectivity index (χ4v) is 2.64. The van der Waals surface area contributed by atoms with Crippen LogP contribution in [0.4, 0.5) is 0 Å². The monoisotopic (exact) mass is 246 g/mol. The number of nitrogens with two attached hydrogens (primary N) is 1. The van der Waals surface area contributed by atoms with Crippen LogP contribution in [0.25, 0.3) is 0 Å². The summed E-state index contributed by atoms with van der Waals surface area (Å²) in [6, 6.07) is 9.79. The van der Waals surface area contributed by atoms with Gasteiger partial charge in [0.05, 0.1) is 0 Å². The highest BCUT2D eigenvalue weighted by atomic mass is 16.2. The molecule has 1 aromatic rings. The van der Waals surface area contributed by atoms with Gasteiger partial charge in [-0.2, -0.15) is 0 Å². The molecule has 4 heteroatoms. The zero-order chi connectivity index (χ0) is 13.0. The van der Waals surface area contributed by atoms with Gasteiger partial charge >= 0.3 is 0 Å². The van der Waals surface area contributed by atoms with Crippen LogP contribution in [-0.4, -0.2) is 24.8 Å². The van der Waals surface area contributed by atoms with E-state index in [1.165, 1.54) is 0 Å². The van der Waals surface area contributed by atoms with Gasteiger partial charge in [0.2, 0.25) is 5.78 Å². The number of amides is 1. The van der Waals surface area contributed by atoms with Crippen molar-refractivity contribution in [2.24, 2.45) is 11.1 Å². The Labute approximate surface area is 107 Å². The van der Waals surface area contributed by atoms with E-state index in [1.54, 1.807) is 0 Å². The lowest BCUT2D eigenvalue weighted by Crippen LogP contribution is -2.48. The van der Waals surface area contributed by atoms with Crippen LogP contribution in [0.15, 0.2) is 30.3 Å². The molecule has 96 valence electrons. The maximum absolute atomic E-state index is 12.1. The summed E-state index contributed by atoms with van der Waals surface area (Å²) in [4.78, 5) is 23.4. The van der Waals surface area contributed by atoms with E-state index < -0.39 is 17.1 Å². The van der Waals surface area contributed by atoms with Crippen LogP contribution in [0.3, 0.4) is 0 Å². The minimum atomic E-state index is -0.812. The van der Waals surface area contributed by atoms with Gasteiger partial charge in [0.25, 0.3) is 5.91 Å². The van der Waals surface area contributed by atoms with E-state index in [-0.39, 0.29) is 0 Å². The number of benzene rings is 1. The number of piperidine rings is 1. The molecule has 2 rings (SSSR count). The van der Waals surface area contributed by atoms with Gasteiger partial charge in [-0.3, -0.25) is 9.59 Å². The molecular formula is C14H18N2O2. The summed E-state index contributed by atoms with van der Waals surface area (Å²) in [5, 5.41) is 3.21. The molecule has 1 amide bonds. The van der Waals surface area contributed by atoms with E-state index in [0.29, 0.717) is 19.3 Å². The predicted octanol–water partition coefficient (Wildman–Crippen LogP) is 0.653. The quantitative estimate of drug-likeness (QED) is 0.766. The van der Waals surface area contributed by atoms with Gasteiger partial charge in [0.15, 0.2) is 0 Å². The molecule has 0 atom stereocenters. The second kappa shape index (κ2) is 5.31. The molecule has 1 heterocycles. The van der Waals surface area contributed by atoms with Crippen molar-refractivity contribution >= 4 is 11.7 Å². The zero-order valence-electron chi connectivity index (χ0n) is 10.3. The molecule has 0 aliphatic carbocycles. The third-order valence-electron chi connectivity index (χ3n) is 3.65. The Morgan fingerprint density at radius 1 is 1.17 bits per heavy atom. The minimum absolute atomic E-state index is 0.423. The third-order valence-corrected chi connectivity index (χ3v) is 3.65. The Hall–Kier alpha value is -1.68. The molecular weight excluding hydrogens is 228 g/mol. The average Bonchev–Trinajstić information content (AvgIpc) is 2.40. The number of carbonyl (C=O) groups is 2. The largest absolute Gasteiger partial charge is 0.363 e. The number of hydrogen-bond donors (Lipinski definition) is 2. The summed E-state index contributed by atoms with van der Waals surface area (Å²) in [5.41, 5.74) is 5.66. The van der Waals surface area contributed by atoms with E-state index in [0.717, 1.165) is 18.7 Å². The molecule has 0 bridgehead atoms. The summed E-state index contributed by atoms with van der Waals surface area (Å²) >= 11 is 0. The number of hydrogen-bond acceptors (Lipinski definition) is 3. The van der Waals surface area contributed by atoms with E-state index in [9.17, 15) is 9.59 Å². The van der Waals surface area contributed by atoms with Gasteiger partial charge in [-0.05, 0) is 37.9 Å². The fourth-order valence-electron chi connectivity index (χ4n) is 2.64. The molecule has 4 nitrogen and oxygen atoms in total. The Bertz CT molecular complexity index is 436. The first-order chi connectivity index (χ1) is 8.64. The minimum Gasteiger partial charge on any atom is -0.363 e. The standard InChI is InChI=1S/C14H18N2O2/c15-13(18)12(17)14(6-8-16-9-7-14)10-11-4-2-1-3-5-11/h1-5,16H,6-10H2,(H2,15,18). The number of ketones is 1. The van der Waals surface area contributed by atoms with Gasteiger partial charge in [-0.25, -0.2) is 0 Å². The first kappa shape index (κ1) is 12.8. The van der Waals surface area contributed by atoms with Crippen molar-refractivity contribution in [3.05, 3.63) is 35.9 Å². The summed E-state index contributed by atoms with van der Waals surface area (Å²) in [5.74, 6) is -1.24. The smallest absolute Gasteiger partial charge is 0.285 e. The Kier molecular flexibility index (Phi) is 3.77. The van der Waals surface area contributed by atoms with Crippen LogP contribution in [0.1, 0.15) is 18.4 Å². The van der Waals surface area contributed by atoms with Crippen LogP contribution in [0.5, 0.6) is 0 Å². The highest BCUT2D eigenvalue weighted by Gasteiger charge is 2.41. The van der Waals surface area contributed by atoms with E-state index >= 15 is 0 Å². The second-order valence-corrected chi connectivity index (χ2v) is 4.89. The summed E-state index contributed by atoms with van der Waals surface area (Å²) < 4.78 is 0. The van der Waals surface area contributed by atoms with E-state index in [2.05, 4.69) is 5.32 Å². The molecule has 1 aromatic carbocycles. The van der Waals surface area contributed by atoms with Crippen molar-refractivity contribution in [1.82, 2.24) is 5.32 Å². The van der Waals surface area contributed by atoms with Crippen molar-refractivity contribution in [2.45, 2.75) is 19.3 Å². The third kappa shape index (κ3) is 2.59. The fraction of sp³-hybridized carbons (Fsp3) is 0.429. The van der Waals surface area contributed by atoms with E-state index in [4.69, 9.17) is 5.73 Å². The zero-order valence-corrected chi connectivity index (χ0v) is 10.3. The first-order valence-corrected chi connectivity index (χ1v) is 6.23. The van der Waals surface area contributed by atoms with Crippen LogP contribution >= 0.6 is 0 Å². The lowest BCUT2D eigenvalue weighted by atomic mass is 9.71. The molecule has 0 spiro atoms. The molecule has 0 unspecified atom stereocenters. The highest BCUT2D eigenvalue weighted by molar-refractivity contribution is 6.37. The molecule has 18 heavy (non-hydrogen) atoms. The van der Waals surface area contributed by atoms with Gasteiger partial charge in [0, 0.05) is 5.41 Å². The molecule has 1 saturated heterocycles. The van der Waals surface area contributed by atoms with Gasteiger partial charge in [0.1, 0.15) is 0 Å². The normalized spacial score (nSPS) is 18.2. The van der Waals surface area contributed by atoms with Gasteiger partial charge in [-0.15, -0.1) is 0 Å². The Morgan fingerprint density at radius 3 is 2.33 bits per heavy atom. The van der Waals surface area contributed by atoms with Crippen LogP contribution in [0, 0.1) is 5.41 Å². The average molecular weight is 246 g/mol. The number of primary amides is 1. The lowest BCUT2D eigenvalue weighted by molar-refractivity contribution is -0.143. The summed E-state index contributed by atoms with van der Waals surface area (Å²) in [6.45, 7) is 1.51. The van der Waals surface area contributed by atoms with Crippen LogP contribution in [0.2, 0.25) is 0 Å². The first-order valence-electron chi connectivity index (χ1n) is 6.23. The number of carbonyl (C=O) groups excluding carboxylic acids is 2. The molecule has 1 fully saturated rings. The molecule has 0 aromatic heterocycles. The SMILES string of the molecule is NC(=O)C(=O)C1(Cc2ccccc2)CCNCC1. The molecule has 1 aliphatic rings. The second-order valence-electron chi connectivity index (χ2n) is 4.89. The number of Topliss-reactive ketones (excluding diaryl/α,β-unsaturated/α-hetero) is 1. The molecule has 0 radical (unpaired) electrons. The Morgan fingerprint density at radius 2 is 1.78 bits per heavy atom. The summed E-state index contributed by atoms with van der Waals surface area (Å²) in [7, 11) is 0. The maximum atomic E-state index is 12.1. The number of rotatable bonds is 4.